The van der Waals surface area contributed by atoms with Crippen LogP contribution in [0.3, 0.4) is 0 Å². The zero-order chi connectivity index (χ0) is 14.1. The Morgan fingerprint density at radius 3 is 1.47 bits per heavy atom. The van der Waals surface area contributed by atoms with Gasteiger partial charge in [-0.05, 0) is 37.5 Å². The van der Waals surface area contributed by atoms with Gasteiger partial charge in [-0.2, -0.15) is 0 Å². The molecule has 2 aliphatic rings. The molecule has 0 saturated heterocycles. The molecule has 0 heterocycles. The summed E-state index contributed by atoms with van der Waals surface area (Å²) in [6.07, 6.45) is 12.8. The van der Waals surface area contributed by atoms with Gasteiger partial charge in [0.25, 0.3) is 0 Å². The van der Waals surface area contributed by atoms with E-state index in [0.717, 1.165) is 25.7 Å². The van der Waals surface area contributed by atoms with Crippen LogP contribution >= 0.6 is 17.9 Å². The normalized spacial score (nSPS) is 22.6. The SMILES string of the molecule is S=P(S)(OC1CCCCC1)OC1CCCCC1.[O]=[Mo]. The molecule has 19 heavy (non-hydrogen) atoms. The van der Waals surface area contributed by atoms with Crippen molar-refractivity contribution in [2.75, 3.05) is 0 Å². The standard InChI is InChI=1S/C12H23O2PS2.Mo.O/c16-15(17,13-11-7-3-1-4-8-11)14-12-9-5-2-6-10-12;;/h11-12H,1-10H2,(H,16,17);;. The first kappa shape index (κ1) is 18.5. The third-order valence-corrected chi connectivity index (χ3v) is 5.88. The molecule has 0 radical (unpaired) electrons. The van der Waals surface area contributed by atoms with E-state index < -0.39 is 5.69 Å². The van der Waals surface area contributed by atoms with E-state index in [1.165, 1.54) is 38.5 Å². The van der Waals surface area contributed by atoms with E-state index in [2.05, 4.69) is 12.2 Å². The predicted molar refractivity (Wildman–Crippen MR) is 79.9 cm³/mol. The Kier molecular flexibility index (Phi) is 9.90. The molecule has 0 aromatic carbocycles. The van der Waals surface area contributed by atoms with Crippen molar-refractivity contribution in [2.24, 2.45) is 0 Å². The van der Waals surface area contributed by atoms with Crippen molar-refractivity contribution < 1.29 is 32.2 Å². The molecule has 7 heteroatoms. The van der Waals surface area contributed by atoms with Gasteiger partial charge in [-0.1, -0.05) is 50.8 Å². The average molecular weight is 406 g/mol. The van der Waals surface area contributed by atoms with Crippen molar-refractivity contribution in [1.82, 2.24) is 0 Å². The van der Waals surface area contributed by atoms with Gasteiger partial charge < -0.3 is 9.05 Å². The third kappa shape index (κ3) is 7.83. The van der Waals surface area contributed by atoms with Crippen molar-refractivity contribution in [3.63, 3.8) is 0 Å². The third-order valence-electron chi connectivity index (χ3n) is 3.67. The summed E-state index contributed by atoms with van der Waals surface area (Å²) in [5.41, 5.74) is -2.30. The molecule has 0 amide bonds. The van der Waals surface area contributed by atoms with Gasteiger partial charge in [0.15, 0.2) is 0 Å². The Balaban J connectivity index is 0.000000861. The second kappa shape index (κ2) is 10.2. The zero-order valence-electron chi connectivity index (χ0n) is 11.2. The summed E-state index contributed by atoms with van der Waals surface area (Å²) in [4.78, 5) is 0. The monoisotopic (exact) mass is 408 g/mol. The summed E-state index contributed by atoms with van der Waals surface area (Å²) >= 11 is 10.6. The molecule has 0 bridgehead atoms. The van der Waals surface area contributed by atoms with Gasteiger partial charge in [0.1, 0.15) is 0 Å². The van der Waals surface area contributed by atoms with Crippen molar-refractivity contribution >= 4 is 29.7 Å². The van der Waals surface area contributed by atoms with E-state index >= 15 is 0 Å². The van der Waals surface area contributed by atoms with Crippen LogP contribution in [0, 0.1) is 0 Å². The van der Waals surface area contributed by atoms with E-state index in [9.17, 15) is 0 Å². The molecule has 0 spiro atoms. The van der Waals surface area contributed by atoms with Crippen LogP contribution in [0.4, 0.5) is 0 Å². The molecule has 2 rings (SSSR count). The zero-order valence-corrected chi connectivity index (χ0v) is 15.8. The fraction of sp³-hybridized carbons (Fsp3) is 1.00. The molecule has 0 unspecified atom stereocenters. The van der Waals surface area contributed by atoms with E-state index in [1.807, 2.05) is 0 Å². The van der Waals surface area contributed by atoms with Gasteiger partial charge in [0.2, 0.25) is 5.69 Å². The Morgan fingerprint density at radius 1 is 0.842 bits per heavy atom. The van der Waals surface area contributed by atoms with Crippen LogP contribution in [-0.4, -0.2) is 12.2 Å². The van der Waals surface area contributed by atoms with Crippen LogP contribution in [0.25, 0.3) is 0 Å². The fourth-order valence-electron chi connectivity index (χ4n) is 2.74. The average Bonchev–Trinajstić information content (AvgIpc) is 2.42. The molecule has 0 aromatic heterocycles. The molecule has 112 valence electrons. The van der Waals surface area contributed by atoms with Gasteiger partial charge in [0.05, 0.1) is 12.2 Å². The fourth-order valence-corrected chi connectivity index (χ4v) is 5.50. The van der Waals surface area contributed by atoms with E-state index in [-0.39, 0.29) is 0 Å². The molecule has 2 aliphatic carbocycles. The number of rotatable bonds is 4. The summed E-state index contributed by atoms with van der Waals surface area (Å²) in [6.45, 7) is 0. The molecule has 2 saturated carbocycles. The molecular formula is C12H23MoO3PS2. The second-order valence-electron chi connectivity index (χ2n) is 5.20. The summed E-state index contributed by atoms with van der Waals surface area (Å²) in [6, 6.07) is 0. The number of thiol groups is 1. The first-order chi connectivity index (χ1) is 9.16. The Hall–Kier alpha value is 1.41. The predicted octanol–water partition coefficient (Wildman–Crippen LogP) is 4.72. The van der Waals surface area contributed by atoms with Gasteiger partial charge in [0, 0.05) is 0 Å². The van der Waals surface area contributed by atoms with E-state index in [0.29, 0.717) is 32.0 Å². The van der Waals surface area contributed by atoms with E-state index in [4.69, 9.17) is 24.3 Å². The number of hydrogen-bond acceptors (Lipinski definition) is 4. The quantitative estimate of drug-likeness (QED) is 0.417. The minimum absolute atomic E-state index is 0.302. The topological polar surface area (TPSA) is 35.5 Å². The molecule has 0 atom stereocenters. The van der Waals surface area contributed by atoms with Crippen LogP contribution in [-0.2, 0) is 44.0 Å². The van der Waals surface area contributed by atoms with Gasteiger partial charge in [-0.15, -0.1) is 0 Å². The molecule has 3 nitrogen and oxygen atoms in total. The summed E-state index contributed by atoms with van der Waals surface area (Å²) in [7, 11) is 0. The maximum atomic E-state index is 8.26. The van der Waals surface area contributed by atoms with Crippen molar-refractivity contribution in [1.29, 1.82) is 0 Å². The summed E-state index contributed by atoms with van der Waals surface area (Å²) in [5, 5.41) is 0. The Labute approximate surface area is 138 Å². The Morgan fingerprint density at radius 2 is 1.16 bits per heavy atom. The van der Waals surface area contributed by atoms with Crippen LogP contribution in [0.1, 0.15) is 64.2 Å². The van der Waals surface area contributed by atoms with Gasteiger partial charge in [-0.3, -0.25) is 0 Å². The van der Waals surface area contributed by atoms with Crippen molar-refractivity contribution in [3.05, 3.63) is 0 Å². The molecule has 0 aromatic rings. The number of hydrogen-bond donors (Lipinski definition) is 1. The Bertz CT molecular complexity index is 271. The van der Waals surface area contributed by atoms with Crippen LogP contribution < -0.4 is 0 Å². The second-order valence-corrected chi connectivity index (χ2v) is 10.4. The first-order valence-electron chi connectivity index (χ1n) is 7.02. The van der Waals surface area contributed by atoms with Crippen molar-refractivity contribution in [3.8, 4) is 0 Å². The van der Waals surface area contributed by atoms with Crippen LogP contribution in [0.15, 0.2) is 0 Å². The molecule has 0 N–H and O–H groups in total. The minimum atomic E-state index is -2.30. The van der Waals surface area contributed by atoms with E-state index in [1.54, 1.807) is 0 Å². The molecular weight excluding hydrogens is 383 g/mol. The molecule has 2 fully saturated rings. The van der Waals surface area contributed by atoms with Crippen molar-refractivity contribution in [2.45, 2.75) is 76.4 Å². The van der Waals surface area contributed by atoms with Crippen LogP contribution in [0.2, 0.25) is 0 Å². The van der Waals surface area contributed by atoms with Crippen LogP contribution in [0.5, 0.6) is 0 Å². The van der Waals surface area contributed by atoms with Gasteiger partial charge in [-0.25, -0.2) is 0 Å². The maximum absolute atomic E-state index is 8.26. The summed E-state index contributed by atoms with van der Waals surface area (Å²) < 4.78 is 20.2. The molecule has 0 aliphatic heterocycles. The van der Waals surface area contributed by atoms with Gasteiger partial charge >= 0.3 is 23.2 Å². The summed E-state index contributed by atoms with van der Waals surface area (Å²) in [5.74, 6) is 0. The first-order valence-corrected chi connectivity index (χ1v) is 11.6.